The predicted molar refractivity (Wildman–Crippen MR) is 66.0 cm³/mol. The third-order valence-corrected chi connectivity index (χ3v) is 3.63. The first-order valence-corrected chi connectivity index (χ1v) is 6.02. The van der Waals surface area contributed by atoms with Gasteiger partial charge in [-0.05, 0) is 12.0 Å². The summed E-state index contributed by atoms with van der Waals surface area (Å²) >= 11 is 0. The lowest BCUT2D eigenvalue weighted by molar-refractivity contribution is -0.581. The number of hydrogen-bond acceptors (Lipinski definition) is 5. The quantitative estimate of drug-likeness (QED) is 0.653. The molecule has 0 amide bonds. The van der Waals surface area contributed by atoms with Crippen molar-refractivity contribution in [1.82, 2.24) is 0 Å². The van der Waals surface area contributed by atoms with Crippen LogP contribution >= 0.6 is 0 Å². The Labute approximate surface area is 109 Å². The van der Waals surface area contributed by atoms with E-state index in [-0.39, 0.29) is 12.8 Å². The van der Waals surface area contributed by atoms with Gasteiger partial charge in [0, 0.05) is 16.3 Å². The molecule has 1 N–H and O–H groups in total. The first-order chi connectivity index (χ1) is 9.02. The molecule has 0 spiro atoms. The lowest BCUT2D eigenvalue weighted by Gasteiger charge is -2.31. The number of nitro groups is 2. The van der Waals surface area contributed by atoms with E-state index in [1.54, 1.807) is 30.3 Å². The zero-order chi connectivity index (χ0) is 14.0. The highest BCUT2D eigenvalue weighted by molar-refractivity contribution is 5.23. The molecule has 1 aliphatic rings. The van der Waals surface area contributed by atoms with Crippen LogP contribution in [0.25, 0.3) is 0 Å². The normalized spacial score (nSPS) is 30.8. The Morgan fingerprint density at radius 1 is 1.05 bits per heavy atom. The molecule has 0 aliphatic heterocycles. The van der Waals surface area contributed by atoms with E-state index in [9.17, 15) is 25.3 Å². The van der Waals surface area contributed by atoms with Crippen LogP contribution in [0.1, 0.15) is 24.3 Å². The summed E-state index contributed by atoms with van der Waals surface area (Å²) in [5.41, 5.74) is 0.532. The average Bonchev–Trinajstić information content (AvgIpc) is 2.38. The van der Waals surface area contributed by atoms with E-state index in [0.717, 1.165) is 0 Å². The molecule has 1 aromatic rings. The minimum atomic E-state index is -1.33. The molecule has 1 aliphatic carbocycles. The molecule has 2 rings (SSSR count). The Balaban J connectivity index is 2.44. The molecule has 19 heavy (non-hydrogen) atoms. The third kappa shape index (κ3) is 2.55. The Kier molecular flexibility index (Phi) is 3.75. The van der Waals surface area contributed by atoms with Gasteiger partial charge in [-0.25, -0.2) is 0 Å². The number of hydrogen-bond donors (Lipinski definition) is 1. The van der Waals surface area contributed by atoms with E-state index in [4.69, 9.17) is 0 Å². The van der Waals surface area contributed by atoms with E-state index >= 15 is 0 Å². The van der Waals surface area contributed by atoms with Crippen molar-refractivity contribution in [2.45, 2.75) is 36.9 Å². The Morgan fingerprint density at radius 2 is 1.68 bits per heavy atom. The van der Waals surface area contributed by atoms with Crippen LogP contribution in [0, 0.1) is 20.2 Å². The van der Waals surface area contributed by atoms with E-state index in [2.05, 4.69) is 0 Å². The van der Waals surface area contributed by atoms with Gasteiger partial charge in [0.2, 0.25) is 6.04 Å². The number of nitrogens with zero attached hydrogens (tertiary/aromatic N) is 2. The van der Waals surface area contributed by atoms with E-state index in [1.807, 2.05) is 0 Å². The van der Waals surface area contributed by atoms with Crippen LogP contribution in [0.2, 0.25) is 0 Å². The van der Waals surface area contributed by atoms with Gasteiger partial charge < -0.3 is 5.11 Å². The molecule has 4 atom stereocenters. The fraction of sp³-hybridized carbons (Fsp3) is 0.500. The number of aliphatic hydroxyl groups is 1. The second-order valence-corrected chi connectivity index (χ2v) is 4.71. The monoisotopic (exact) mass is 266 g/mol. The van der Waals surface area contributed by atoms with Crippen molar-refractivity contribution in [3.8, 4) is 0 Å². The van der Waals surface area contributed by atoms with Crippen LogP contribution in [0.15, 0.2) is 30.3 Å². The Morgan fingerprint density at radius 3 is 2.21 bits per heavy atom. The van der Waals surface area contributed by atoms with Crippen molar-refractivity contribution in [1.29, 1.82) is 0 Å². The zero-order valence-corrected chi connectivity index (χ0v) is 10.1. The SMILES string of the molecule is O=[N+]([O-])C1CCC(O)C([N+](=O)[O-])C1c1ccccc1. The van der Waals surface area contributed by atoms with Gasteiger partial charge >= 0.3 is 0 Å². The molecule has 0 heterocycles. The Bertz CT molecular complexity index is 478. The highest BCUT2D eigenvalue weighted by atomic mass is 16.6. The molecule has 7 heteroatoms. The molecule has 1 fully saturated rings. The highest BCUT2D eigenvalue weighted by Gasteiger charge is 2.52. The summed E-state index contributed by atoms with van der Waals surface area (Å²) in [4.78, 5) is 21.2. The lowest BCUT2D eigenvalue weighted by Crippen LogP contribution is -2.50. The maximum atomic E-state index is 11.1. The maximum Gasteiger partial charge on any atom is 0.251 e. The highest BCUT2D eigenvalue weighted by Crippen LogP contribution is 2.36. The van der Waals surface area contributed by atoms with Gasteiger partial charge in [0.25, 0.3) is 6.04 Å². The van der Waals surface area contributed by atoms with Crippen LogP contribution < -0.4 is 0 Å². The standard InChI is InChI=1S/C12H14N2O5/c15-10-7-6-9(13(16)17)11(12(10)14(18)19)8-4-2-1-3-5-8/h1-5,9-12,15H,6-7H2. The number of benzene rings is 1. The second kappa shape index (κ2) is 5.31. The topological polar surface area (TPSA) is 107 Å². The molecule has 0 bridgehead atoms. The van der Waals surface area contributed by atoms with Gasteiger partial charge in [-0.1, -0.05) is 30.3 Å². The van der Waals surface area contributed by atoms with Crippen molar-refractivity contribution >= 4 is 0 Å². The summed E-state index contributed by atoms with van der Waals surface area (Å²) in [7, 11) is 0. The molecule has 102 valence electrons. The zero-order valence-electron chi connectivity index (χ0n) is 10.1. The van der Waals surface area contributed by atoms with E-state index in [0.29, 0.717) is 5.56 Å². The van der Waals surface area contributed by atoms with Gasteiger partial charge in [-0.2, -0.15) is 0 Å². The number of aliphatic hydroxyl groups excluding tert-OH is 1. The van der Waals surface area contributed by atoms with Gasteiger partial charge in [-0.3, -0.25) is 20.2 Å². The average molecular weight is 266 g/mol. The van der Waals surface area contributed by atoms with E-state index < -0.39 is 34.0 Å². The summed E-state index contributed by atoms with van der Waals surface area (Å²) in [6, 6.07) is 6.03. The summed E-state index contributed by atoms with van der Waals surface area (Å²) in [5.74, 6) is -0.894. The van der Waals surface area contributed by atoms with Gasteiger partial charge in [0.05, 0.1) is 0 Å². The van der Waals surface area contributed by atoms with Crippen LogP contribution in [-0.4, -0.2) is 33.1 Å². The molecule has 0 saturated heterocycles. The number of rotatable bonds is 3. The first-order valence-electron chi connectivity index (χ1n) is 6.02. The molecule has 4 unspecified atom stereocenters. The molecule has 7 nitrogen and oxygen atoms in total. The minimum Gasteiger partial charge on any atom is -0.386 e. The van der Waals surface area contributed by atoms with Gasteiger partial charge in [-0.15, -0.1) is 0 Å². The van der Waals surface area contributed by atoms with E-state index in [1.165, 1.54) is 0 Å². The van der Waals surface area contributed by atoms with Crippen LogP contribution in [0.3, 0.4) is 0 Å². The summed E-state index contributed by atoms with van der Waals surface area (Å²) < 4.78 is 0. The molecule has 0 radical (unpaired) electrons. The van der Waals surface area contributed by atoms with Gasteiger partial charge in [0.15, 0.2) is 0 Å². The van der Waals surface area contributed by atoms with Crippen molar-refractivity contribution in [2.24, 2.45) is 0 Å². The van der Waals surface area contributed by atoms with Crippen LogP contribution in [0.4, 0.5) is 0 Å². The van der Waals surface area contributed by atoms with Crippen molar-refractivity contribution in [2.75, 3.05) is 0 Å². The third-order valence-electron chi connectivity index (χ3n) is 3.63. The molecular weight excluding hydrogens is 252 g/mol. The predicted octanol–water partition coefficient (Wildman–Crippen LogP) is 1.22. The molecule has 1 saturated carbocycles. The molecule has 1 aromatic carbocycles. The molecular formula is C12H14N2O5. The molecule has 0 aromatic heterocycles. The van der Waals surface area contributed by atoms with Crippen molar-refractivity contribution in [3.05, 3.63) is 56.1 Å². The van der Waals surface area contributed by atoms with Crippen molar-refractivity contribution < 1.29 is 15.0 Å². The first kappa shape index (κ1) is 13.4. The maximum absolute atomic E-state index is 11.1. The van der Waals surface area contributed by atoms with Gasteiger partial charge in [0.1, 0.15) is 12.0 Å². The lowest BCUT2D eigenvalue weighted by atomic mass is 9.75. The smallest absolute Gasteiger partial charge is 0.251 e. The summed E-state index contributed by atoms with van der Waals surface area (Å²) in [6.07, 6.45) is -0.907. The summed E-state index contributed by atoms with van der Waals surface area (Å²) in [5, 5.41) is 32.1. The Hall–Kier alpha value is -2.02. The van der Waals surface area contributed by atoms with Crippen LogP contribution in [0.5, 0.6) is 0 Å². The van der Waals surface area contributed by atoms with Crippen molar-refractivity contribution in [3.63, 3.8) is 0 Å². The van der Waals surface area contributed by atoms with Crippen LogP contribution in [-0.2, 0) is 0 Å². The largest absolute Gasteiger partial charge is 0.386 e. The second-order valence-electron chi connectivity index (χ2n) is 4.71. The fourth-order valence-corrected chi connectivity index (χ4v) is 2.76. The summed E-state index contributed by atoms with van der Waals surface area (Å²) in [6.45, 7) is 0. The fourth-order valence-electron chi connectivity index (χ4n) is 2.76. The minimum absolute atomic E-state index is 0.0840.